The summed E-state index contributed by atoms with van der Waals surface area (Å²) in [5.41, 5.74) is 9.41. The minimum absolute atomic E-state index is 0.755. The Hall–Kier alpha value is -5.28. The van der Waals surface area contributed by atoms with Crippen LogP contribution in [0.3, 0.4) is 0 Å². The quantitative estimate of drug-likeness (QED) is 0.185. The van der Waals surface area contributed by atoms with Crippen molar-refractivity contribution in [1.29, 1.82) is 0 Å². The normalized spacial score (nSPS) is 11.5. The molecule has 0 aliphatic rings. The minimum Gasteiger partial charge on any atom is -0.355 e. The van der Waals surface area contributed by atoms with Gasteiger partial charge in [-0.25, -0.2) is 0 Å². The van der Waals surface area contributed by atoms with Gasteiger partial charge in [-0.1, -0.05) is 97.1 Å². The SMILES string of the molecule is C/C=C\c1[nH]c2ccc(CN(c3ccccc3)c3ccccc3)cc2c1/C=C\CN(c1ccccc1)c1ccccc1. The van der Waals surface area contributed by atoms with Gasteiger partial charge >= 0.3 is 0 Å². The number of nitrogens with zero attached hydrogens (tertiary/aromatic N) is 2. The smallest absolute Gasteiger partial charge is 0.0481 e. The number of fused-ring (bicyclic) bond motifs is 1. The van der Waals surface area contributed by atoms with Crippen LogP contribution in [-0.2, 0) is 6.54 Å². The van der Waals surface area contributed by atoms with Crippen LogP contribution in [0.4, 0.5) is 22.7 Å². The van der Waals surface area contributed by atoms with Crippen LogP contribution in [0.15, 0.2) is 152 Å². The number of allylic oxidation sites excluding steroid dienone is 1. The predicted molar refractivity (Wildman–Crippen MR) is 181 cm³/mol. The average Bonchev–Trinajstić information content (AvgIpc) is 3.40. The molecule has 5 aromatic carbocycles. The van der Waals surface area contributed by atoms with E-state index >= 15 is 0 Å². The number of benzene rings is 5. The van der Waals surface area contributed by atoms with E-state index in [2.05, 4.69) is 186 Å². The highest BCUT2D eigenvalue weighted by molar-refractivity contribution is 5.93. The maximum absolute atomic E-state index is 3.65. The molecule has 1 N–H and O–H groups in total. The third kappa shape index (κ3) is 6.06. The molecule has 0 aliphatic heterocycles. The number of hydrogen-bond donors (Lipinski definition) is 1. The van der Waals surface area contributed by atoms with Crippen molar-refractivity contribution in [3.05, 3.63) is 168 Å². The molecule has 0 unspecified atom stereocenters. The van der Waals surface area contributed by atoms with Crippen molar-refractivity contribution in [3.63, 3.8) is 0 Å². The summed E-state index contributed by atoms with van der Waals surface area (Å²) in [6, 6.07) is 49.1. The summed E-state index contributed by atoms with van der Waals surface area (Å²) in [6.45, 7) is 3.59. The van der Waals surface area contributed by atoms with Crippen LogP contribution in [0.2, 0.25) is 0 Å². The first-order valence-electron chi connectivity index (χ1n) is 14.5. The van der Waals surface area contributed by atoms with Gasteiger partial charge in [0.15, 0.2) is 0 Å². The van der Waals surface area contributed by atoms with Crippen molar-refractivity contribution < 1.29 is 0 Å². The second kappa shape index (κ2) is 12.9. The van der Waals surface area contributed by atoms with Gasteiger partial charge in [0, 0.05) is 58.0 Å². The lowest BCUT2D eigenvalue weighted by Crippen LogP contribution is -2.16. The fraction of sp³-hybridized carbons (Fsp3) is 0.0769. The van der Waals surface area contributed by atoms with Crippen molar-refractivity contribution in [2.45, 2.75) is 13.5 Å². The van der Waals surface area contributed by atoms with Gasteiger partial charge in [0.1, 0.15) is 0 Å². The third-order valence-electron chi connectivity index (χ3n) is 7.45. The molecule has 0 saturated heterocycles. The number of nitrogens with one attached hydrogen (secondary N) is 1. The van der Waals surface area contributed by atoms with Crippen LogP contribution >= 0.6 is 0 Å². The molecule has 0 fully saturated rings. The highest BCUT2D eigenvalue weighted by Crippen LogP contribution is 2.31. The van der Waals surface area contributed by atoms with Gasteiger partial charge in [-0.15, -0.1) is 0 Å². The summed E-state index contributed by atoms with van der Waals surface area (Å²) in [7, 11) is 0. The summed E-state index contributed by atoms with van der Waals surface area (Å²) >= 11 is 0. The minimum atomic E-state index is 0.755. The monoisotopic (exact) mass is 545 g/mol. The number of rotatable bonds is 10. The van der Waals surface area contributed by atoms with Crippen molar-refractivity contribution in [3.8, 4) is 0 Å². The van der Waals surface area contributed by atoms with E-state index in [-0.39, 0.29) is 0 Å². The molecule has 42 heavy (non-hydrogen) atoms. The largest absolute Gasteiger partial charge is 0.355 e. The molecule has 3 nitrogen and oxygen atoms in total. The van der Waals surface area contributed by atoms with E-state index in [1.165, 1.54) is 39.3 Å². The topological polar surface area (TPSA) is 22.3 Å². The lowest BCUT2D eigenvalue weighted by Gasteiger charge is -2.25. The Kier molecular flexibility index (Phi) is 8.28. The van der Waals surface area contributed by atoms with Gasteiger partial charge in [-0.05, 0) is 79.2 Å². The number of aromatic nitrogens is 1. The number of para-hydroxylation sites is 4. The summed E-state index contributed by atoms with van der Waals surface area (Å²) < 4.78 is 0. The number of anilines is 4. The van der Waals surface area contributed by atoms with E-state index in [0.29, 0.717) is 0 Å². The molecule has 6 rings (SSSR count). The van der Waals surface area contributed by atoms with E-state index in [1.54, 1.807) is 0 Å². The van der Waals surface area contributed by atoms with Crippen molar-refractivity contribution in [2.24, 2.45) is 0 Å². The maximum Gasteiger partial charge on any atom is 0.0481 e. The zero-order chi connectivity index (χ0) is 28.6. The van der Waals surface area contributed by atoms with E-state index in [1.807, 2.05) is 0 Å². The molecule has 0 bridgehead atoms. The van der Waals surface area contributed by atoms with Gasteiger partial charge in [-0.3, -0.25) is 0 Å². The molecular formula is C39H35N3. The summed E-state index contributed by atoms with van der Waals surface area (Å²) in [4.78, 5) is 8.35. The van der Waals surface area contributed by atoms with Crippen molar-refractivity contribution in [1.82, 2.24) is 4.98 Å². The van der Waals surface area contributed by atoms with E-state index in [9.17, 15) is 0 Å². The molecule has 3 heteroatoms. The predicted octanol–water partition coefficient (Wildman–Crippen LogP) is 10.4. The Morgan fingerprint density at radius 1 is 0.571 bits per heavy atom. The van der Waals surface area contributed by atoms with E-state index in [4.69, 9.17) is 0 Å². The van der Waals surface area contributed by atoms with Crippen LogP contribution in [0.5, 0.6) is 0 Å². The van der Waals surface area contributed by atoms with Crippen LogP contribution in [0.25, 0.3) is 23.1 Å². The Morgan fingerprint density at radius 3 is 1.57 bits per heavy atom. The molecule has 0 aliphatic carbocycles. The molecule has 6 aromatic rings. The van der Waals surface area contributed by atoms with Crippen LogP contribution in [0, 0.1) is 0 Å². The molecule has 0 saturated carbocycles. The molecule has 0 atom stereocenters. The second-order valence-corrected chi connectivity index (χ2v) is 10.3. The summed E-state index contributed by atoms with van der Waals surface area (Å²) in [6.07, 6.45) is 8.78. The average molecular weight is 546 g/mol. The fourth-order valence-electron chi connectivity index (χ4n) is 5.44. The first-order chi connectivity index (χ1) is 20.8. The first-order valence-corrected chi connectivity index (χ1v) is 14.5. The number of H-pyrrole nitrogens is 1. The molecule has 206 valence electrons. The van der Waals surface area contributed by atoms with E-state index in [0.717, 1.165) is 24.3 Å². The molecule has 0 spiro atoms. The van der Waals surface area contributed by atoms with Gasteiger partial charge in [-0.2, -0.15) is 0 Å². The maximum atomic E-state index is 3.65. The zero-order valence-electron chi connectivity index (χ0n) is 23.9. The molecule has 0 radical (unpaired) electrons. The molecular weight excluding hydrogens is 510 g/mol. The Morgan fingerprint density at radius 2 is 1.07 bits per heavy atom. The summed E-state index contributed by atoms with van der Waals surface area (Å²) in [5.74, 6) is 0. The van der Waals surface area contributed by atoms with Gasteiger partial charge in [0.05, 0.1) is 0 Å². The van der Waals surface area contributed by atoms with Crippen LogP contribution in [0.1, 0.15) is 23.7 Å². The number of aromatic amines is 1. The Labute approximate surface area is 248 Å². The second-order valence-electron chi connectivity index (χ2n) is 10.3. The van der Waals surface area contributed by atoms with Crippen molar-refractivity contribution >= 4 is 45.8 Å². The molecule has 0 amide bonds. The Bertz CT molecular complexity index is 1690. The zero-order valence-corrected chi connectivity index (χ0v) is 23.9. The Balaban J connectivity index is 1.34. The third-order valence-corrected chi connectivity index (χ3v) is 7.45. The fourth-order valence-corrected chi connectivity index (χ4v) is 5.44. The standard InChI is InChI=1S/C39H35N3/c1-2-16-38-36(25-15-28-41(32-17-7-3-8-18-32)33-19-9-4-10-20-33)37-29-31(26-27-39(37)40-38)30-42(34-21-11-5-12-22-34)35-23-13-6-14-24-35/h2-27,29,40H,28,30H2,1H3/b16-2-,25-15-. The molecule has 1 heterocycles. The summed E-state index contributed by atoms with van der Waals surface area (Å²) in [5, 5.41) is 1.23. The lowest BCUT2D eigenvalue weighted by atomic mass is 10.1. The molecule has 1 aromatic heterocycles. The highest BCUT2D eigenvalue weighted by Gasteiger charge is 2.13. The van der Waals surface area contributed by atoms with E-state index < -0.39 is 0 Å². The van der Waals surface area contributed by atoms with Gasteiger partial charge < -0.3 is 14.8 Å². The van der Waals surface area contributed by atoms with Crippen LogP contribution in [-0.4, -0.2) is 11.5 Å². The van der Waals surface area contributed by atoms with Gasteiger partial charge in [0.25, 0.3) is 0 Å². The highest BCUT2D eigenvalue weighted by atomic mass is 15.1. The van der Waals surface area contributed by atoms with Gasteiger partial charge in [0.2, 0.25) is 0 Å². The van der Waals surface area contributed by atoms with Crippen molar-refractivity contribution in [2.75, 3.05) is 16.3 Å². The lowest BCUT2D eigenvalue weighted by molar-refractivity contribution is 0.977. The first kappa shape index (κ1) is 26.9. The van der Waals surface area contributed by atoms with Crippen LogP contribution < -0.4 is 9.80 Å². The number of hydrogen-bond acceptors (Lipinski definition) is 2.